The van der Waals surface area contributed by atoms with Crippen molar-refractivity contribution in [1.82, 2.24) is 9.97 Å². The highest BCUT2D eigenvalue weighted by molar-refractivity contribution is 7.92. The van der Waals surface area contributed by atoms with E-state index in [1.165, 1.54) is 50.7 Å². The van der Waals surface area contributed by atoms with Gasteiger partial charge < -0.3 is 14.6 Å². The van der Waals surface area contributed by atoms with Crippen molar-refractivity contribution in [1.29, 1.82) is 0 Å². The number of halogens is 1. The van der Waals surface area contributed by atoms with Crippen LogP contribution in [0.15, 0.2) is 35.5 Å². The Bertz CT molecular complexity index is 1250. The molecule has 0 unspecified atom stereocenters. The Balaban J connectivity index is 1.50. The predicted octanol–water partition coefficient (Wildman–Crippen LogP) is 7.30. The van der Waals surface area contributed by atoms with Gasteiger partial charge in [-0.05, 0) is 51.8 Å². The lowest BCUT2D eigenvalue weighted by molar-refractivity contribution is -0.154. The number of nitrogens with zero attached hydrogens (tertiary/aromatic N) is 2. The molecule has 0 aliphatic carbocycles. The van der Waals surface area contributed by atoms with Crippen LogP contribution in [0.3, 0.4) is 0 Å². The zero-order valence-corrected chi connectivity index (χ0v) is 26.4. The molecule has 1 aromatic heterocycles. The third-order valence-electron chi connectivity index (χ3n) is 6.54. The molecule has 10 nitrogen and oxygen atoms in total. The first kappa shape index (κ1) is 35.9. The molecule has 2 N–H and O–H groups in total. The third-order valence-corrected chi connectivity index (χ3v) is 7.87. The molecule has 0 fully saturated rings. The normalized spacial score (nSPS) is 11.7. The summed E-state index contributed by atoms with van der Waals surface area (Å²) in [5, 5.41) is 8.87. The standard InChI is InChI=1S/C31H46FN3O7S/c1-31(2,3)42-28(36)17-15-13-11-9-7-5-4-6-8-10-12-14-16-20-41-27-19-18-25(21-26(27)32)43(39,40)35-30-33-22-24(23-34-30)29(37)38/h18-19,21-23H,4-17,20H2,1-3H3,(H,37,38)(H,33,34,35). The van der Waals surface area contributed by atoms with E-state index in [2.05, 4.69) is 14.7 Å². The number of ether oxygens (including phenoxy) is 2. The highest BCUT2D eigenvalue weighted by Gasteiger charge is 2.19. The summed E-state index contributed by atoms with van der Waals surface area (Å²) in [5.74, 6) is -2.50. The van der Waals surface area contributed by atoms with E-state index in [9.17, 15) is 22.4 Å². The number of carbonyl (C=O) groups excluding carboxylic acids is 1. The Labute approximate surface area is 254 Å². The topological polar surface area (TPSA) is 145 Å². The molecule has 0 atom stereocenters. The Kier molecular flexibility index (Phi) is 15.4. The summed E-state index contributed by atoms with van der Waals surface area (Å²) < 4.78 is 52.4. The van der Waals surface area contributed by atoms with E-state index in [1.54, 1.807) is 0 Å². The molecule has 2 aromatic rings. The minimum Gasteiger partial charge on any atom is -0.491 e. The fourth-order valence-electron chi connectivity index (χ4n) is 4.33. The highest BCUT2D eigenvalue weighted by Crippen LogP contribution is 2.23. The zero-order valence-electron chi connectivity index (χ0n) is 25.6. The fraction of sp³-hybridized carbons (Fsp3) is 0.613. The van der Waals surface area contributed by atoms with Gasteiger partial charge in [0.15, 0.2) is 11.6 Å². The monoisotopic (exact) mass is 623 g/mol. The number of hydrogen-bond donors (Lipinski definition) is 2. The van der Waals surface area contributed by atoms with Crippen molar-refractivity contribution in [2.45, 2.75) is 121 Å². The average molecular weight is 624 g/mol. The van der Waals surface area contributed by atoms with E-state index in [1.807, 2.05) is 20.8 Å². The molecule has 12 heteroatoms. The number of esters is 1. The molecule has 0 spiro atoms. The van der Waals surface area contributed by atoms with Crippen molar-refractivity contribution in [2.75, 3.05) is 11.3 Å². The van der Waals surface area contributed by atoms with Crippen LogP contribution in [0.2, 0.25) is 0 Å². The summed E-state index contributed by atoms with van der Waals surface area (Å²) in [6.45, 7) is 6.01. The van der Waals surface area contributed by atoms with Crippen molar-refractivity contribution in [2.24, 2.45) is 0 Å². The van der Waals surface area contributed by atoms with E-state index >= 15 is 0 Å². The van der Waals surface area contributed by atoms with Gasteiger partial charge in [0.2, 0.25) is 5.95 Å². The molecular weight excluding hydrogens is 577 g/mol. The summed E-state index contributed by atoms with van der Waals surface area (Å²) in [4.78, 5) is 29.5. The maximum absolute atomic E-state index is 14.5. The van der Waals surface area contributed by atoms with Crippen molar-refractivity contribution in [3.05, 3.63) is 42.0 Å². The number of anilines is 1. The SMILES string of the molecule is CC(C)(C)OC(=O)CCCCCCCCCCCCCCCOc1ccc(S(=O)(=O)Nc2ncc(C(=O)O)cn2)cc1F. The number of aromatic carboxylic acids is 1. The largest absolute Gasteiger partial charge is 0.491 e. The number of rotatable bonds is 21. The predicted molar refractivity (Wildman–Crippen MR) is 162 cm³/mol. The van der Waals surface area contributed by atoms with Crippen LogP contribution in [0.5, 0.6) is 5.75 Å². The zero-order chi connectivity index (χ0) is 31.7. The quantitative estimate of drug-likeness (QED) is 0.108. The number of nitrogens with one attached hydrogen (secondary N) is 1. The minimum atomic E-state index is -4.18. The molecule has 0 aliphatic heterocycles. The van der Waals surface area contributed by atoms with Crippen LogP contribution in [0.4, 0.5) is 10.3 Å². The third kappa shape index (κ3) is 15.1. The van der Waals surface area contributed by atoms with Crippen LogP contribution in [0.25, 0.3) is 0 Å². The molecule has 1 heterocycles. The van der Waals surface area contributed by atoms with Gasteiger partial charge in [0.25, 0.3) is 10.0 Å². The Hall–Kier alpha value is -3.28. The van der Waals surface area contributed by atoms with Crippen LogP contribution in [0.1, 0.15) is 121 Å². The first-order chi connectivity index (χ1) is 20.4. The molecule has 0 saturated heterocycles. The summed E-state index contributed by atoms with van der Waals surface area (Å²) >= 11 is 0. The number of carboxylic acid groups (broad SMARTS) is 1. The van der Waals surface area contributed by atoms with E-state index in [0.717, 1.165) is 63.4 Å². The molecule has 0 radical (unpaired) electrons. The summed E-state index contributed by atoms with van der Waals surface area (Å²) in [6.07, 6.45) is 16.9. The van der Waals surface area contributed by atoms with Gasteiger partial charge >= 0.3 is 11.9 Å². The minimum absolute atomic E-state index is 0.0240. The number of unbranched alkanes of at least 4 members (excludes halogenated alkanes) is 12. The molecule has 0 aliphatic rings. The fourth-order valence-corrected chi connectivity index (χ4v) is 5.30. The Morgan fingerprint density at radius 3 is 1.86 bits per heavy atom. The smallest absolute Gasteiger partial charge is 0.338 e. The average Bonchev–Trinajstić information content (AvgIpc) is 2.92. The van der Waals surface area contributed by atoms with Gasteiger partial charge in [0.1, 0.15) is 5.60 Å². The van der Waals surface area contributed by atoms with Crippen LogP contribution in [-0.4, -0.2) is 47.6 Å². The number of benzene rings is 1. The second kappa shape index (κ2) is 18.4. The second-order valence-corrected chi connectivity index (χ2v) is 13.3. The van der Waals surface area contributed by atoms with E-state index in [4.69, 9.17) is 14.6 Å². The van der Waals surface area contributed by atoms with Gasteiger partial charge in [0, 0.05) is 18.8 Å². The van der Waals surface area contributed by atoms with Crippen LogP contribution < -0.4 is 9.46 Å². The molecule has 0 amide bonds. The second-order valence-electron chi connectivity index (χ2n) is 11.6. The van der Waals surface area contributed by atoms with E-state index < -0.39 is 27.4 Å². The molecule has 0 saturated carbocycles. The van der Waals surface area contributed by atoms with Crippen LogP contribution >= 0.6 is 0 Å². The van der Waals surface area contributed by atoms with Crippen molar-refractivity contribution >= 4 is 27.9 Å². The molecule has 2 rings (SSSR count). The van der Waals surface area contributed by atoms with Crippen molar-refractivity contribution < 1.29 is 37.0 Å². The van der Waals surface area contributed by atoms with E-state index in [-0.39, 0.29) is 28.1 Å². The number of aromatic nitrogens is 2. The molecule has 0 bridgehead atoms. The maximum Gasteiger partial charge on any atom is 0.338 e. The lowest BCUT2D eigenvalue weighted by atomic mass is 10.0. The highest BCUT2D eigenvalue weighted by atomic mass is 32.2. The van der Waals surface area contributed by atoms with Gasteiger partial charge in [-0.1, -0.05) is 70.6 Å². The number of carbonyl (C=O) groups is 2. The van der Waals surface area contributed by atoms with Gasteiger partial charge in [-0.3, -0.25) is 4.79 Å². The van der Waals surface area contributed by atoms with Crippen molar-refractivity contribution in [3.63, 3.8) is 0 Å². The molecule has 240 valence electrons. The first-order valence-corrected chi connectivity index (χ1v) is 16.6. The summed E-state index contributed by atoms with van der Waals surface area (Å²) in [6, 6.07) is 3.34. The van der Waals surface area contributed by atoms with Gasteiger partial charge in [0.05, 0.1) is 17.1 Å². The summed E-state index contributed by atoms with van der Waals surface area (Å²) in [7, 11) is -4.18. The lowest BCUT2D eigenvalue weighted by Crippen LogP contribution is -2.23. The molecule has 1 aromatic carbocycles. The lowest BCUT2D eigenvalue weighted by Gasteiger charge is -2.19. The summed E-state index contributed by atoms with van der Waals surface area (Å²) in [5.41, 5.74) is -0.600. The van der Waals surface area contributed by atoms with Crippen LogP contribution in [-0.2, 0) is 19.6 Å². The van der Waals surface area contributed by atoms with Crippen molar-refractivity contribution in [3.8, 4) is 5.75 Å². The van der Waals surface area contributed by atoms with Gasteiger partial charge in [-0.25, -0.2) is 32.3 Å². The molecule has 43 heavy (non-hydrogen) atoms. The Morgan fingerprint density at radius 2 is 1.37 bits per heavy atom. The first-order valence-electron chi connectivity index (χ1n) is 15.1. The number of sulfonamides is 1. The van der Waals surface area contributed by atoms with Crippen LogP contribution in [0, 0.1) is 5.82 Å². The van der Waals surface area contributed by atoms with Gasteiger partial charge in [-0.2, -0.15) is 0 Å². The Morgan fingerprint density at radius 1 is 0.860 bits per heavy atom. The van der Waals surface area contributed by atoms with E-state index in [0.29, 0.717) is 13.0 Å². The number of carboxylic acids is 1. The molecular formula is C31H46FN3O7S. The number of hydrogen-bond acceptors (Lipinski definition) is 8. The maximum atomic E-state index is 14.5. The van der Waals surface area contributed by atoms with Gasteiger partial charge in [-0.15, -0.1) is 0 Å².